The number of likely N-dealkylation sites (N-methyl/N-ethyl adjacent to an activating group) is 1. The summed E-state index contributed by atoms with van der Waals surface area (Å²) in [4.78, 5) is 15.6. The van der Waals surface area contributed by atoms with Gasteiger partial charge in [0.25, 0.3) is 0 Å². The number of hydrogen-bond donors (Lipinski definition) is 1. The van der Waals surface area contributed by atoms with E-state index in [1.54, 1.807) is 31.1 Å². The van der Waals surface area contributed by atoms with Crippen molar-refractivity contribution in [3.05, 3.63) is 28.2 Å². The number of phenolic OH excluding ortho intramolecular Hbond substituents is 1. The summed E-state index contributed by atoms with van der Waals surface area (Å²) in [6.07, 6.45) is 0.958. The van der Waals surface area contributed by atoms with E-state index in [2.05, 4.69) is 27.8 Å². The molecule has 0 aromatic heterocycles. The quantitative estimate of drug-likeness (QED) is 0.864. The van der Waals surface area contributed by atoms with E-state index in [9.17, 15) is 9.90 Å². The Morgan fingerprint density at radius 3 is 2.60 bits per heavy atom. The molecule has 0 saturated heterocycles. The van der Waals surface area contributed by atoms with Gasteiger partial charge in [-0.3, -0.25) is 9.69 Å². The van der Waals surface area contributed by atoms with Crippen molar-refractivity contribution in [3.63, 3.8) is 0 Å². The molecular weight excluding hydrogens is 320 g/mol. The van der Waals surface area contributed by atoms with Crippen molar-refractivity contribution in [1.29, 1.82) is 0 Å². The molecule has 1 aromatic rings. The molecule has 1 atom stereocenters. The van der Waals surface area contributed by atoms with Crippen molar-refractivity contribution >= 4 is 21.8 Å². The van der Waals surface area contributed by atoms with Gasteiger partial charge in [0, 0.05) is 30.2 Å². The van der Waals surface area contributed by atoms with Crippen molar-refractivity contribution in [2.45, 2.75) is 26.3 Å². The van der Waals surface area contributed by atoms with Crippen LogP contribution >= 0.6 is 15.9 Å². The molecule has 1 N–H and O–H groups in total. The topological polar surface area (TPSA) is 43.8 Å². The van der Waals surface area contributed by atoms with Gasteiger partial charge in [-0.15, -0.1) is 0 Å². The maximum absolute atomic E-state index is 11.9. The van der Waals surface area contributed by atoms with E-state index in [4.69, 9.17) is 0 Å². The largest absolute Gasteiger partial charge is 0.508 e. The highest BCUT2D eigenvalue weighted by Gasteiger charge is 2.21. The third-order valence-corrected chi connectivity index (χ3v) is 3.83. The molecule has 1 amide bonds. The van der Waals surface area contributed by atoms with Gasteiger partial charge in [0.1, 0.15) is 5.75 Å². The van der Waals surface area contributed by atoms with E-state index in [1.165, 1.54) is 0 Å². The van der Waals surface area contributed by atoms with E-state index >= 15 is 0 Å². The first-order valence-corrected chi connectivity index (χ1v) is 7.58. The number of carbonyl (C=O) groups excluding carboxylic acids is 1. The minimum Gasteiger partial charge on any atom is -0.508 e. The summed E-state index contributed by atoms with van der Waals surface area (Å²) in [7, 11) is 3.52. The summed E-state index contributed by atoms with van der Waals surface area (Å²) in [5, 5.41) is 10.0. The molecule has 4 nitrogen and oxygen atoms in total. The molecule has 0 saturated carbocycles. The first-order chi connectivity index (χ1) is 9.36. The lowest BCUT2D eigenvalue weighted by Crippen LogP contribution is -2.38. The van der Waals surface area contributed by atoms with Crippen molar-refractivity contribution < 1.29 is 9.90 Å². The number of halogens is 1. The number of aromatic hydroxyl groups is 1. The van der Waals surface area contributed by atoms with E-state index in [0.717, 1.165) is 23.0 Å². The Labute approximate surface area is 129 Å². The van der Waals surface area contributed by atoms with Crippen LogP contribution in [0, 0.1) is 0 Å². The van der Waals surface area contributed by atoms with Crippen molar-refractivity contribution in [3.8, 4) is 5.75 Å². The molecule has 1 unspecified atom stereocenters. The zero-order chi connectivity index (χ0) is 15.3. The summed E-state index contributed by atoms with van der Waals surface area (Å²) >= 11 is 3.42. The third-order valence-electron chi connectivity index (χ3n) is 3.34. The molecule has 1 aromatic carbocycles. The van der Waals surface area contributed by atoms with Crippen LogP contribution in [0.3, 0.4) is 0 Å². The summed E-state index contributed by atoms with van der Waals surface area (Å²) in [6.45, 7) is 5.27. The molecule has 112 valence electrons. The number of hydrogen-bond acceptors (Lipinski definition) is 3. The first kappa shape index (κ1) is 17.0. The second-order valence-electron chi connectivity index (χ2n) is 5.14. The Hall–Kier alpha value is -1.07. The molecule has 0 aliphatic carbocycles. The van der Waals surface area contributed by atoms with Crippen LogP contribution in [0.15, 0.2) is 22.7 Å². The summed E-state index contributed by atoms with van der Waals surface area (Å²) in [5.41, 5.74) is 0.833. The van der Waals surface area contributed by atoms with Crippen LogP contribution in [0.5, 0.6) is 5.75 Å². The maximum atomic E-state index is 11.9. The average molecular weight is 343 g/mol. The predicted octanol–water partition coefficient (Wildman–Crippen LogP) is 3.02. The summed E-state index contributed by atoms with van der Waals surface area (Å²) in [5.74, 6) is 0.332. The molecule has 0 heterocycles. The molecule has 0 radical (unpaired) electrons. The lowest BCUT2D eigenvalue weighted by molar-refractivity contribution is -0.130. The molecule has 0 aliphatic heterocycles. The van der Waals surface area contributed by atoms with Crippen LogP contribution in [0.4, 0.5) is 0 Å². The molecule has 20 heavy (non-hydrogen) atoms. The van der Waals surface area contributed by atoms with E-state index in [-0.39, 0.29) is 17.7 Å². The fourth-order valence-corrected chi connectivity index (χ4v) is 2.45. The molecule has 0 bridgehead atoms. The number of benzene rings is 1. The monoisotopic (exact) mass is 342 g/mol. The maximum Gasteiger partial charge on any atom is 0.236 e. The fraction of sp³-hybridized carbons (Fsp3) is 0.533. The minimum atomic E-state index is -0.0173. The number of amides is 1. The standard InChI is InChI=1S/C15H23BrN2O2/c1-5-8-18(10-15(20)17(3)4)11(2)13-9-12(16)6-7-14(13)19/h6-7,9,11,19H,5,8,10H2,1-4H3. The molecule has 5 heteroatoms. The highest BCUT2D eigenvalue weighted by Crippen LogP contribution is 2.31. The van der Waals surface area contributed by atoms with Crippen LogP contribution < -0.4 is 0 Å². The van der Waals surface area contributed by atoms with Crippen molar-refractivity contribution in [2.75, 3.05) is 27.2 Å². The Bertz CT molecular complexity index is 463. The van der Waals surface area contributed by atoms with E-state index in [1.807, 2.05) is 13.0 Å². The minimum absolute atomic E-state index is 0.0173. The SMILES string of the molecule is CCCN(CC(=O)N(C)C)C(C)c1cc(Br)ccc1O. The van der Waals surface area contributed by atoms with Crippen LogP contribution in [-0.2, 0) is 4.79 Å². The fourth-order valence-electron chi connectivity index (χ4n) is 2.07. The molecular formula is C15H23BrN2O2. The zero-order valence-corrected chi connectivity index (χ0v) is 14.1. The Balaban J connectivity index is 2.95. The molecule has 0 spiro atoms. The normalized spacial score (nSPS) is 12.5. The van der Waals surface area contributed by atoms with Crippen molar-refractivity contribution in [2.24, 2.45) is 0 Å². The summed E-state index contributed by atoms with van der Waals surface area (Å²) in [6, 6.07) is 5.37. The van der Waals surface area contributed by atoms with Crippen molar-refractivity contribution in [1.82, 2.24) is 9.80 Å². The van der Waals surface area contributed by atoms with Gasteiger partial charge in [0.15, 0.2) is 0 Å². The van der Waals surface area contributed by atoms with Gasteiger partial charge in [0.05, 0.1) is 6.54 Å². The first-order valence-electron chi connectivity index (χ1n) is 6.79. The van der Waals surface area contributed by atoms with Gasteiger partial charge < -0.3 is 10.0 Å². The number of phenols is 1. The Morgan fingerprint density at radius 1 is 1.40 bits per heavy atom. The second kappa shape index (κ2) is 7.64. The van der Waals surface area contributed by atoms with Crippen LogP contribution in [0.1, 0.15) is 31.9 Å². The smallest absolute Gasteiger partial charge is 0.236 e. The van der Waals surface area contributed by atoms with Gasteiger partial charge in [-0.2, -0.15) is 0 Å². The van der Waals surface area contributed by atoms with Gasteiger partial charge in [-0.1, -0.05) is 22.9 Å². The lowest BCUT2D eigenvalue weighted by Gasteiger charge is -2.30. The number of nitrogens with zero attached hydrogens (tertiary/aromatic N) is 2. The van der Waals surface area contributed by atoms with E-state index in [0.29, 0.717) is 6.54 Å². The zero-order valence-electron chi connectivity index (χ0n) is 12.6. The van der Waals surface area contributed by atoms with Gasteiger partial charge in [0.2, 0.25) is 5.91 Å². The van der Waals surface area contributed by atoms with E-state index < -0.39 is 0 Å². The summed E-state index contributed by atoms with van der Waals surface area (Å²) < 4.78 is 0.924. The average Bonchev–Trinajstić information content (AvgIpc) is 2.40. The predicted molar refractivity (Wildman–Crippen MR) is 84.8 cm³/mol. The second-order valence-corrected chi connectivity index (χ2v) is 6.05. The molecule has 0 aliphatic rings. The molecule has 1 rings (SSSR count). The van der Waals surface area contributed by atoms with Crippen LogP contribution in [-0.4, -0.2) is 48.0 Å². The van der Waals surface area contributed by atoms with Crippen LogP contribution in [0.25, 0.3) is 0 Å². The number of rotatable bonds is 6. The Morgan fingerprint density at radius 2 is 2.05 bits per heavy atom. The third kappa shape index (κ3) is 4.49. The Kier molecular flexibility index (Phi) is 6.49. The van der Waals surface area contributed by atoms with Crippen LogP contribution in [0.2, 0.25) is 0 Å². The van der Waals surface area contributed by atoms with Gasteiger partial charge >= 0.3 is 0 Å². The van der Waals surface area contributed by atoms with Gasteiger partial charge in [-0.05, 0) is 38.1 Å². The molecule has 0 fully saturated rings. The number of carbonyl (C=O) groups is 1. The highest BCUT2D eigenvalue weighted by atomic mass is 79.9. The highest BCUT2D eigenvalue weighted by molar-refractivity contribution is 9.10. The lowest BCUT2D eigenvalue weighted by atomic mass is 10.1. The van der Waals surface area contributed by atoms with Gasteiger partial charge in [-0.25, -0.2) is 0 Å².